The molecule has 8 fully saturated rings. The van der Waals surface area contributed by atoms with Crippen molar-refractivity contribution < 1.29 is 133 Å². The zero-order valence-corrected chi connectivity index (χ0v) is 81.8. The molecule has 0 unspecified atom stereocenters. The summed E-state index contributed by atoms with van der Waals surface area (Å²) in [6.45, 7) is -0.725. The van der Waals surface area contributed by atoms with E-state index in [0.29, 0.717) is 27.6 Å². The fourth-order valence-electron chi connectivity index (χ4n) is 16.9. The van der Waals surface area contributed by atoms with E-state index in [9.17, 15) is 73.7 Å². The molecule has 0 bridgehead atoms. The van der Waals surface area contributed by atoms with Crippen LogP contribution >= 0.6 is 47.0 Å². The Balaban J connectivity index is 0.000000151. The standard InChI is InChI=1S/4C24H31FN6O4S/c4*1-3-8-36-24-27-22(26-16-10-14(16)13-5-4-12(2)15(25)9-13)19-23(28-24)31(30-29-19)17-11-18(35-7-6-32)21(34)20(17)33/h4*4-5,9,14,16-18,20-21,32-34H,3,6-8,10-11H2,1-2H3,(H,26,27,28)/t4*14-,16+,17+,18-,20-,21+/m0000/s1/i4D,5D,6D2,7D2,9D,16D;4D,5D,8D2,9D,16D;4D,5D,7D2,9D,16D;4D,5D,6D2,9D,16D. The maximum Gasteiger partial charge on any atom is 0.191 e. The van der Waals surface area contributed by atoms with Gasteiger partial charge in [-0.1, -0.05) is 144 Å². The molecule has 8 saturated carbocycles. The first-order valence-corrected chi connectivity index (χ1v) is 50.3. The first-order valence-electron chi connectivity index (χ1n) is 59.5. The highest BCUT2D eigenvalue weighted by Gasteiger charge is 2.51. The summed E-state index contributed by atoms with van der Waals surface area (Å²) in [7, 11) is 0. The van der Waals surface area contributed by atoms with Gasteiger partial charge in [0.15, 0.2) is 88.6 Å². The predicted octanol–water partition coefficient (Wildman–Crippen LogP) is 8.73. The van der Waals surface area contributed by atoms with E-state index in [4.69, 9.17) is 59.7 Å². The van der Waals surface area contributed by atoms with Crippen LogP contribution in [0.15, 0.2) is 93.1 Å². The number of aromatic nitrogens is 20. The fourth-order valence-corrected chi connectivity index (χ4v) is 19.5. The maximum absolute atomic E-state index is 14.6. The van der Waals surface area contributed by atoms with E-state index in [1.165, 1.54) is 81.7 Å². The van der Waals surface area contributed by atoms with Crippen molar-refractivity contribution in [3.05, 3.63) is 140 Å². The summed E-state index contributed by atoms with van der Waals surface area (Å²) in [5, 5.41) is 169. The lowest BCUT2D eigenvalue weighted by atomic mass is 10.1. The molecule has 8 aromatic heterocycles. The molecular weight excluding hydrogens is 1950 g/mol. The Morgan fingerprint density at radius 1 is 0.354 bits per heavy atom. The third-order valence-corrected chi connectivity index (χ3v) is 28.9. The van der Waals surface area contributed by atoms with Crippen LogP contribution in [0.5, 0.6) is 0 Å². The first kappa shape index (κ1) is 76.9. The van der Waals surface area contributed by atoms with Crippen molar-refractivity contribution in [2.24, 2.45) is 0 Å². The summed E-state index contributed by atoms with van der Waals surface area (Å²) >= 11 is 4.70. The molecule has 24 atom stereocenters. The van der Waals surface area contributed by atoms with Crippen LogP contribution < -0.4 is 21.3 Å². The van der Waals surface area contributed by atoms with Crippen LogP contribution in [0, 0.1) is 51.0 Å². The van der Waals surface area contributed by atoms with Gasteiger partial charge in [-0.3, -0.25) is 0 Å². The van der Waals surface area contributed by atoms with Gasteiger partial charge in [0.05, 0.1) is 134 Å². The van der Waals surface area contributed by atoms with Gasteiger partial charge in [-0.25, -0.2) is 76.2 Å². The molecule has 0 amide bonds. The van der Waals surface area contributed by atoms with Gasteiger partial charge in [0, 0.05) is 99.1 Å². The summed E-state index contributed by atoms with van der Waals surface area (Å²) in [6.07, 6.45) is -13.2. The van der Waals surface area contributed by atoms with E-state index in [-0.39, 0.29) is 242 Å². The Bertz CT molecular complexity index is 7830. The van der Waals surface area contributed by atoms with Gasteiger partial charge in [0.1, 0.15) is 72.1 Å². The summed E-state index contributed by atoms with van der Waals surface area (Å²) < 4.78 is 295. The Morgan fingerprint density at radius 3 is 0.896 bits per heavy atom. The van der Waals surface area contributed by atoms with Crippen LogP contribution in [0.25, 0.3) is 44.7 Å². The van der Waals surface area contributed by atoms with Crippen LogP contribution in [0.2, 0.25) is 0 Å². The number of fused-ring (bicyclic) bond motifs is 4. The van der Waals surface area contributed by atoms with Gasteiger partial charge in [-0.05, 0) is 148 Å². The van der Waals surface area contributed by atoms with Crippen molar-refractivity contribution in [2.45, 2.75) is 298 Å². The number of anilines is 4. The highest BCUT2D eigenvalue weighted by molar-refractivity contribution is 7.99. The van der Waals surface area contributed by atoms with E-state index in [1.807, 2.05) is 20.8 Å². The minimum Gasteiger partial charge on any atom is -0.394 e. The largest absolute Gasteiger partial charge is 0.394 e. The maximum atomic E-state index is 14.6. The van der Waals surface area contributed by atoms with E-state index in [1.54, 1.807) is 6.92 Å². The Kier molecular flexibility index (Phi) is 25.3. The van der Waals surface area contributed by atoms with E-state index in [2.05, 4.69) is 102 Å². The number of hydrogen-bond donors (Lipinski definition) is 16. The number of rotatable bonds is 40. The third-order valence-electron chi connectivity index (χ3n) is 24.9. The van der Waals surface area contributed by atoms with Crippen molar-refractivity contribution in [1.82, 2.24) is 99.8 Å². The second-order valence-electron chi connectivity index (χ2n) is 35.0. The van der Waals surface area contributed by atoms with Crippen molar-refractivity contribution in [2.75, 3.05) is 96.9 Å². The number of thioether (sulfide) groups is 4. The minimum absolute atomic E-state index is 0.0102. The summed E-state index contributed by atoms with van der Waals surface area (Å²) in [5.41, 5.74) is -1.33. The number of nitrogens with zero attached hydrogens (tertiary/aromatic N) is 20. The van der Waals surface area contributed by atoms with Crippen molar-refractivity contribution in [1.29, 1.82) is 0 Å². The average Bonchev–Trinajstić information content (AvgIpc) is 1.57. The van der Waals surface area contributed by atoms with Gasteiger partial charge in [-0.15, -0.1) is 20.4 Å². The van der Waals surface area contributed by atoms with Crippen LogP contribution in [0.4, 0.5) is 40.8 Å². The molecule has 144 heavy (non-hydrogen) atoms. The van der Waals surface area contributed by atoms with Crippen molar-refractivity contribution in [3.8, 4) is 0 Å². The van der Waals surface area contributed by atoms with Gasteiger partial charge in [-0.2, -0.15) is 0 Å². The molecule has 8 heterocycles. The number of ether oxygens (including phenoxy) is 4. The lowest BCUT2D eigenvalue weighted by molar-refractivity contribution is -0.0629. The molecule has 8 aliphatic carbocycles. The molecule has 0 saturated heterocycles. The number of aliphatic hydroxyl groups is 12. The second kappa shape index (κ2) is 47.3. The number of nitrogens with one attached hydrogen (secondary N) is 4. The molecule has 16 N–H and O–H groups in total. The molecule has 0 aliphatic heterocycles. The predicted molar refractivity (Wildman–Crippen MR) is 530 cm³/mol. The zero-order valence-electron chi connectivity index (χ0n) is 105. The van der Waals surface area contributed by atoms with Crippen molar-refractivity contribution in [3.63, 3.8) is 0 Å². The molecular formula is C96H124F4N24O16S4. The van der Waals surface area contributed by atoms with Crippen LogP contribution in [0.1, 0.15) is 233 Å². The molecule has 40 nitrogen and oxygen atoms in total. The van der Waals surface area contributed by atoms with Gasteiger partial charge >= 0.3 is 0 Å². The van der Waals surface area contributed by atoms with E-state index >= 15 is 0 Å². The monoisotopic (exact) mass is 2100 g/mol. The second-order valence-corrected chi connectivity index (χ2v) is 39.1. The van der Waals surface area contributed by atoms with E-state index in [0.717, 1.165) is 31.0 Å². The molecule has 20 rings (SSSR count). The van der Waals surface area contributed by atoms with Crippen LogP contribution in [0.3, 0.4) is 0 Å². The topological polar surface area (TPSA) is 554 Å². The van der Waals surface area contributed by atoms with Gasteiger partial charge < -0.3 is 101 Å². The molecule has 4 aromatic carbocycles. The summed E-state index contributed by atoms with van der Waals surface area (Å²) in [5.74, 6) is -4.46. The number of benzene rings is 4. The zero-order chi connectivity index (χ0) is 125. The van der Waals surface area contributed by atoms with Gasteiger partial charge in [0.25, 0.3) is 0 Å². The molecule has 0 radical (unpaired) electrons. The number of aliphatic hydroxyl groups excluding tert-OH is 10. The normalized spacial score (nSPS) is 32.8. The van der Waals surface area contributed by atoms with Crippen molar-refractivity contribution >= 4 is 115 Å². The highest BCUT2D eigenvalue weighted by atomic mass is 32.2. The van der Waals surface area contributed by atoms with Crippen LogP contribution in [-0.2, 0) is 18.9 Å². The Morgan fingerprint density at radius 2 is 0.632 bits per heavy atom. The Labute approximate surface area is 880 Å². The third kappa shape index (κ3) is 23.8. The summed E-state index contributed by atoms with van der Waals surface area (Å²) in [6, 6.07) is -14.4. The Hall–Kier alpha value is -9.52. The minimum atomic E-state index is -3.39. The average molecular weight is 2100 g/mol. The van der Waals surface area contributed by atoms with E-state index < -0.39 is 238 Å². The molecule has 0 spiro atoms. The molecule has 48 heteroatoms. The number of hydrogen-bond acceptors (Lipinski definition) is 40. The smallest absolute Gasteiger partial charge is 0.191 e. The lowest BCUT2D eigenvalue weighted by Crippen LogP contribution is -2.33. The molecule has 12 aromatic rings. The summed E-state index contributed by atoms with van der Waals surface area (Å²) in [4.78, 5) is 36.0. The molecule has 8 aliphatic rings. The molecule has 776 valence electrons. The van der Waals surface area contributed by atoms with Crippen LogP contribution in [-0.4, -0.2) is 334 Å². The quantitative estimate of drug-likeness (QED) is 0.00969. The SMILES string of the molecule is [2H]c1c([2H])c([C@@H]2C[C@@]2([2H])Nc2nc(SC([2H])([2H])CC)nc3c2nnn3[C@@H]2C[C@H](OCCO)[C@@H](O)[C@H]2O)c([2H])c(F)c1C.[2H]c1c([2H])c([C@@H]2C[C@@]2([2H])Nc2nc(SCCC)nc3c2nnn3[C@@H]2C[C@H](OC([2H])([2H])C([2H])([2H])O)[C@@H](O)[C@H]2O)c([2H])c(F)c1C.[2H]c1c([2H])c([C@@H]2C[C@@]2([2H])Nc2nc(SCCC)nc3c2nnn3[C@@H]2C[C@H](OC([2H])([2H])CO)[C@@H](O)[C@H]2O)c([2H])c(F)c1C.[2H]c1c([2H])c([C@@H]2C[C@@]2([2H])Nc2nc(SCCC)nc3c2nnn3[C@@H]2C[C@H](OCC([2H])([2H])O)[C@@H](O)[C@H]2O)c([2H])c(F)c1C. The lowest BCUT2D eigenvalue weighted by Gasteiger charge is -2.17. The highest BCUT2D eigenvalue weighted by Crippen LogP contribution is 2.50. The van der Waals surface area contributed by atoms with Gasteiger partial charge in [0.2, 0.25) is 0 Å². The number of halogens is 4. The first-order chi connectivity index (χ1) is 79.5. The fraction of sp³-hybridized carbons (Fsp3) is 0.583.